The molecule has 1 heterocycles. The molecular formula is C24H20FN3O3. The van der Waals surface area contributed by atoms with Crippen LogP contribution in [0, 0.1) is 5.82 Å². The number of benzene rings is 3. The van der Waals surface area contributed by atoms with Gasteiger partial charge in [0, 0.05) is 0 Å². The Hall–Kier alpha value is -4.00. The summed E-state index contributed by atoms with van der Waals surface area (Å²) in [5.41, 5.74) is 1.08. The van der Waals surface area contributed by atoms with Crippen LogP contribution >= 0.6 is 0 Å². The van der Waals surface area contributed by atoms with E-state index >= 15 is 0 Å². The zero-order valence-corrected chi connectivity index (χ0v) is 16.6. The van der Waals surface area contributed by atoms with E-state index in [0.717, 1.165) is 5.56 Å². The van der Waals surface area contributed by atoms with Crippen molar-refractivity contribution < 1.29 is 13.9 Å². The maximum Gasteiger partial charge on any atom is 0.261 e. The Morgan fingerprint density at radius 2 is 1.71 bits per heavy atom. The molecule has 0 radical (unpaired) electrons. The predicted molar refractivity (Wildman–Crippen MR) is 115 cm³/mol. The minimum Gasteiger partial charge on any atom is -0.488 e. The molecule has 0 aliphatic heterocycles. The standard InChI is InChI=1S/C24H20FN3O3/c25-19-11-5-7-13-22(19)31-15-21(17-8-2-1-3-9-17)27-23(29)14-28-16-26-20-12-6-4-10-18(20)24(28)30/h1-13,16,21H,14-15H2,(H,27,29). The van der Waals surface area contributed by atoms with E-state index in [9.17, 15) is 14.0 Å². The molecule has 0 aliphatic rings. The molecule has 1 N–H and O–H groups in total. The van der Waals surface area contributed by atoms with Crippen molar-refractivity contribution >= 4 is 16.8 Å². The van der Waals surface area contributed by atoms with Gasteiger partial charge in [-0.2, -0.15) is 0 Å². The number of rotatable bonds is 7. The van der Waals surface area contributed by atoms with Crippen molar-refractivity contribution in [3.63, 3.8) is 0 Å². The first-order valence-electron chi connectivity index (χ1n) is 9.77. The maximum absolute atomic E-state index is 13.9. The van der Waals surface area contributed by atoms with E-state index in [1.807, 2.05) is 30.3 Å². The number of ether oxygens (including phenoxy) is 1. The largest absolute Gasteiger partial charge is 0.488 e. The summed E-state index contributed by atoms with van der Waals surface area (Å²) in [7, 11) is 0. The molecule has 4 rings (SSSR count). The number of amides is 1. The average Bonchev–Trinajstić information content (AvgIpc) is 2.80. The summed E-state index contributed by atoms with van der Waals surface area (Å²) < 4.78 is 20.8. The van der Waals surface area contributed by atoms with Gasteiger partial charge in [0.2, 0.25) is 5.91 Å². The Kier molecular flexibility index (Phi) is 6.03. The van der Waals surface area contributed by atoms with Crippen LogP contribution in [-0.2, 0) is 11.3 Å². The molecule has 0 saturated carbocycles. The highest BCUT2D eigenvalue weighted by atomic mass is 19.1. The smallest absolute Gasteiger partial charge is 0.261 e. The predicted octanol–water partition coefficient (Wildman–Crippen LogP) is 3.47. The molecule has 0 fully saturated rings. The summed E-state index contributed by atoms with van der Waals surface area (Å²) >= 11 is 0. The summed E-state index contributed by atoms with van der Waals surface area (Å²) in [6.07, 6.45) is 1.36. The quantitative estimate of drug-likeness (QED) is 0.500. The molecule has 31 heavy (non-hydrogen) atoms. The molecule has 0 saturated heterocycles. The fourth-order valence-electron chi connectivity index (χ4n) is 3.25. The summed E-state index contributed by atoms with van der Waals surface area (Å²) in [5, 5.41) is 3.32. The maximum atomic E-state index is 13.9. The van der Waals surface area contributed by atoms with Gasteiger partial charge in [-0.05, 0) is 29.8 Å². The molecule has 0 spiro atoms. The molecule has 6 nitrogen and oxygen atoms in total. The number of fused-ring (bicyclic) bond motifs is 1. The summed E-state index contributed by atoms with van der Waals surface area (Å²) in [5.74, 6) is -0.757. The van der Waals surface area contributed by atoms with Crippen LogP contribution in [0.1, 0.15) is 11.6 Å². The third kappa shape index (κ3) is 4.78. The Bertz CT molecular complexity index is 1260. The molecule has 4 aromatic rings. The van der Waals surface area contributed by atoms with Crippen LogP contribution in [0.2, 0.25) is 0 Å². The molecule has 1 unspecified atom stereocenters. The lowest BCUT2D eigenvalue weighted by molar-refractivity contribution is -0.122. The van der Waals surface area contributed by atoms with Crippen LogP contribution in [0.5, 0.6) is 5.75 Å². The topological polar surface area (TPSA) is 73.2 Å². The number of aromatic nitrogens is 2. The first kappa shape index (κ1) is 20.3. The molecular weight excluding hydrogens is 397 g/mol. The highest BCUT2D eigenvalue weighted by Crippen LogP contribution is 2.19. The molecule has 7 heteroatoms. The van der Waals surface area contributed by atoms with Crippen molar-refractivity contribution in [2.24, 2.45) is 0 Å². The Labute approximate surface area is 177 Å². The second kappa shape index (κ2) is 9.21. The van der Waals surface area contributed by atoms with Crippen molar-refractivity contribution in [3.8, 4) is 5.75 Å². The van der Waals surface area contributed by atoms with Gasteiger partial charge in [0.05, 0.1) is 23.3 Å². The van der Waals surface area contributed by atoms with Gasteiger partial charge in [-0.15, -0.1) is 0 Å². The number of carbonyl (C=O) groups is 1. The van der Waals surface area contributed by atoms with Crippen molar-refractivity contribution in [2.45, 2.75) is 12.6 Å². The van der Waals surface area contributed by atoms with E-state index < -0.39 is 11.9 Å². The Morgan fingerprint density at radius 3 is 2.52 bits per heavy atom. The van der Waals surface area contributed by atoms with Crippen molar-refractivity contribution in [1.82, 2.24) is 14.9 Å². The zero-order chi connectivity index (χ0) is 21.6. The van der Waals surface area contributed by atoms with Crippen molar-refractivity contribution in [2.75, 3.05) is 6.61 Å². The van der Waals surface area contributed by atoms with Crippen LogP contribution in [0.3, 0.4) is 0 Å². The van der Waals surface area contributed by atoms with E-state index in [2.05, 4.69) is 10.3 Å². The third-order valence-corrected chi connectivity index (χ3v) is 4.82. The number of nitrogens with one attached hydrogen (secondary N) is 1. The van der Waals surface area contributed by atoms with E-state index in [-0.39, 0.29) is 30.4 Å². The van der Waals surface area contributed by atoms with E-state index in [1.165, 1.54) is 23.0 Å². The second-order valence-corrected chi connectivity index (χ2v) is 6.97. The molecule has 1 atom stereocenters. The van der Waals surface area contributed by atoms with E-state index in [0.29, 0.717) is 10.9 Å². The summed E-state index contributed by atoms with van der Waals surface area (Å²) in [6, 6.07) is 21.8. The first-order chi connectivity index (χ1) is 15.1. The number of nitrogens with zero attached hydrogens (tertiary/aromatic N) is 2. The van der Waals surface area contributed by atoms with Gasteiger partial charge in [-0.25, -0.2) is 9.37 Å². The van der Waals surface area contributed by atoms with Crippen LogP contribution in [-0.4, -0.2) is 22.1 Å². The highest BCUT2D eigenvalue weighted by molar-refractivity contribution is 5.79. The number of carbonyl (C=O) groups excluding carboxylic acids is 1. The second-order valence-electron chi connectivity index (χ2n) is 6.97. The first-order valence-corrected chi connectivity index (χ1v) is 9.77. The lowest BCUT2D eigenvalue weighted by Crippen LogP contribution is -2.37. The minimum absolute atomic E-state index is 0.0293. The van der Waals surface area contributed by atoms with Crippen LogP contribution < -0.4 is 15.6 Å². The van der Waals surface area contributed by atoms with Gasteiger partial charge in [0.25, 0.3) is 5.56 Å². The van der Waals surface area contributed by atoms with Gasteiger partial charge in [-0.3, -0.25) is 14.2 Å². The van der Waals surface area contributed by atoms with E-state index in [4.69, 9.17) is 4.74 Å². The number of hydrogen-bond donors (Lipinski definition) is 1. The Balaban J connectivity index is 1.51. The molecule has 3 aromatic carbocycles. The molecule has 1 amide bonds. The number of para-hydroxylation sites is 2. The minimum atomic E-state index is -0.530. The summed E-state index contributed by atoms with van der Waals surface area (Å²) in [4.78, 5) is 29.6. The van der Waals surface area contributed by atoms with Crippen molar-refractivity contribution in [1.29, 1.82) is 0 Å². The van der Waals surface area contributed by atoms with Gasteiger partial charge < -0.3 is 10.1 Å². The SMILES string of the molecule is O=C(Cn1cnc2ccccc2c1=O)NC(COc1ccccc1F)c1ccccc1. The van der Waals surface area contributed by atoms with E-state index in [1.54, 1.807) is 36.4 Å². The highest BCUT2D eigenvalue weighted by Gasteiger charge is 2.17. The molecule has 0 aliphatic carbocycles. The molecule has 0 bridgehead atoms. The number of hydrogen-bond acceptors (Lipinski definition) is 4. The van der Waals surface area contributed by atoms with Gasteiger partial charge in [0.15, 0.2) is 11.6 Å². The third-order valence-electron chi connectivity index (χ3n) is 4.82. The van der Waals surface area contributed by atoms with Crippen molar-refractivity contribution in [3.05, 3.63) is 107 Å². The normalized spacial score (nSPS) is 11.8. The lowest BCUT2D eigenvalue weighted by atomic mass is 10.1. The van der Waals surface area contributed by atoms with Crippen LogP contribution in [0.25, 0.3) is 10.9 Å². The Morgan fingerprint density at radius 1 is 1.00 bits per heavy atom. The van der Waals surface area contributed by atoms with Gasteiger partial charge in [0.1, 0.15) is 13.2 Å². The number of halogens is 1. The van der Waals surface area contributed by atoms with Gasteiger partial charge in [-0.1, -0.05) is 54.6 Å². The summed E-state index contributed by atoms with van der Waals surface area (Å²) in [6.45, 7) is -0.165. The van der Waals surface area contributed by atoms with Gasteiger partial charge >= 0.3 is 0 Å². The van der Waals surface area contributed by atoms with Crippen LogP contribution in [0.4, 0.5) is 4.39 Å². The van der Waals surface area contributed by atoms with Crippen LogP contribution in [0.15, 0.2) is 90.0 Å². The molecule has 156 valence electrons. The molecule has 1 aromatic heterocycles. The monoisotopic (exact) mass is 417 g/mol. The fourth-order valence-corrected chi connectivity index (χ4v) is 3.25. The average molecular weight is 417 g/mol. The zero-order valence-electron chi connectivity index (χ0n) is 16.6. The lowest BCUT2D eigenvalue weighted by Gasteiger charge is -2.20. The fraction of sp³-hybridized carbons (Fsp3) is 0.125.